The second kappa shape index (κ2) is 3.48. The summed E-state index contributed by atoms with van der Waals surface area (Å²) in [4.78, 5) is 10.2. The highest BCUT2D eigenvalue weighted by molar-refractivity contribution is 8.12. The summed E-state index contributed by atoms with van der Waals surface area (Å²) in [5.41, 5.74) is 0. The zero-order valence-corrected chi connectivity index (χ0v) is 6.92. The Morgan fingerprint density at radius 2 is 1.83 bits per heavy atom. The molecule has 0 heterocycles. The largest absolute Gasteiger partial charge is 0.397 e. The van der Waals surface area contributed by atoms with Crippen LogP contribution in [0.1, 0.15) is 6.42 Å². The van der Waals surface area contributed by atoms with Crippen LogP contribution in [0.2, 0.25) is 0 Å². The molecular weight excluding hydrogens is 223 g/mol. The summed E-state index contributed by atoms with van der Waals surface area (Å²) in [7, 11) is 0.00675. The number of alkyl halides is 3. The summed E-state index contributed by atoms with van der Waals surface area (Å²) in [6, 6.07) is 0. The molecule has 0 aliphatic rings. The van der Waals surface area contributed by atoms with Gasteiger partial charge in [-0.05, 0) is 0 Å². The standard InChI is InChI=1S/C3H3ClF3NO3S/c4-12(10,11)8-2(9)1-3(5,6)7/h1H2,(H,8,9). The third kappa shape index (κ3) is 7.61. The van der Waals surface area contributed by atoms with Crippen LogP contribution in [-0.4, -0.2) is 20.5 Å². The topological polar surface area (TPSA) is 63.2 Å². The third-order valence-electron chi connectivity index (χ3n) is 0.597. The second-order valence-electron chi connectivity index (χ2n) is 1.76. The summed E-state index contributed by atoms with van der Waals surface area (Å²) in [5, 5.41) is 0. The van der Waals surface area contributed by atoms with Crippen LogP contribution in [0.25, 0.3) is 0 Å². The van der Waals surface area contributed by atoms with E-state index >= 15 is 0 Å². The molecule has 1 amide bonds. The Bertz CT molecular complexity index is 271. The van der Waals surface area contributed by atoms with Crippen LogP contribution in [0.15, 0.2) is 0 Å². The van der Waals surface area contributed by atoms with E-state index in [1.165, 1.54) is 0 Å². The molecule has 0 fully saturated rings. The number of carbonyl (C=O) groups is 1. The Hall–Kier alpha value is -0.500. The summed E-state index contributed by atoms with van der Waals surface area (Å²) in [6.07, 6.45) is -6.62. The molecule has 0 spiro atoms. The number of hydrogen-bond acceptors (Lipinski definition) is 3. The van der Waals surface area contributed by atoms with Gasteiger partial charge in [-0.15, -0.1) is 0 Å². The molecule has 4 nitrogen and oxygen atoms in total. The van der Waals surface area contributed by atoms with Crippen molar-refractivity contribution < 1.29 is 26.4 Å². The molecule has 0 rings (SSSR count). The van der Waals surface area contributed by atoms with Crippen molar-refractivity contribution in [2.24, 2.45) is 0 Å². The maximum atomic E-state index is 11.4. The van der Waals surface area contributed by atoms with Gasteiger partial charge in [0.1, 0.15) is 6.42 Å². The second-order valence-corrected chi connectivity index (χ2v) is 4.05. The van der Waals surface area contributed by atoms with Crippen molar-refractivity contribution in [3.63, 3.8) is 0 Å². The van der Waals surface area contributed by atoms with Gasteiger partial charge in [0, 0.05) is 10.7 Å². The average molecular weight is 226 g/mol. The number of hydrogen-bond donors (Lipinski definition) is 1. The molecule has 1 N–H and O–H groups in total. The minimum absolute atomic E-state index is 0.954. The molecule has 0 radical (unpaired) electrons. The molecule has 0 aliphatic carbocycles. The quantitative estimate of drug-likeness (QED) is 0.698. The Labute approximate surface area is 70.2 Å². The summed E-state index contributed by atoms with van der Waals surface area (Å²) >= 11 is 0. The van der Waals surface area contributed by atoms with Gasteiger partial charge < -0.3 is 0 Å². The highest BCUT2D eigenvalue weighted by Crippen LogP contribution is 2.19. The highest BCUT2D eigenvalue weighted by atomic mass is 35.7. The maximum Gasteiger partial charge on any atom is 0.397 e. The van der Waals surface area contributed by atoms with E-state index in [4.69, 9.17) is 0 Å². The SMILES string of the molecule is O=C(CC(F)(F)F)NS(=O)(=O)Cl. The average Bonchev–Trinajstić information content (AvgIpc) is 1.49. The van der Waals surface area contributed by atoms with Crippen LogP contribution in [-0.2, 0) is 14.0 Å². The summed E-state index contributed by atoms with van der Waals surface area (Å²) < 4.78 is 55.1. The minimum Gasteiger partial charge on any atom is -0.274 e. The molecule has 0 unspecified atom stereocenters. The normalized spacial score (nSPS) is 12.7. The zero-order chi connectivity index (χ0) is 9.99. The predicted octanol–water partition coefficient (Wildman–Crippen LogP) is 0.539. The molecule has 0 saturated carbocycles. The lowest BCUT2D eigenvalue weighted by molar-refractivity contribution is -0.152. The van der Waals surface area contributed by atoms with Crippen LogP contribution in [0, 0.1) is 0 Å². The van der Waals surface area contributed by atoms with Gasteiger partial charge in [-0.2, -0.15) is 21.6 Å². The first-order valence-corrected chi connectivity index (χ1v) is 4.73. The van der Waals surface area contributed by atoms with E-state index in [0.29, 0.717) is 0 Å². The van der Waals surface area contributed by atoms with Crippen molar-refractivity contribution in [2.45, 2.75) is 12.6 Å². The number of nitrogens with one attached hydrogen (secondary N) is 1. The van der Waals surface area contributed by atoms with Gasteiger partial charge in [0.15, 0.2) is 0 Å². The molecule has 72 valence electrons. The Morgan fingerprint density at radius 3 is 2.08 bits per heavy atom. The first-order chi connectivity index (χ1) is 5.10. The Morgan fingerprint density at radius 1 is 1.42 bits per heavy atom. The van der Waals surface area contributed by atoms with E-state index in [9.17, 15) is 26.4 Å². The van der Waals surface area contributed by atoms with Crippen molar-refractivity contribution in [3.8, 4) is 0 Å². The van der Waals surface area contributed by atoms with Gasteiger partial charge in [-0.1, -0.05) is 0 Å². The molecule has 0 aromatic heterocycles. The number of halogens is 4. The smallest absolute Gasteiger partial charge is 0.274 e. The first-order valence-electron chi connectivity index (χ1n) is 2.42. The monoisotopic (exact) mass is 225 g/mol. The van der Waals surface area contributed by atoms with Gasteiger partial charge in [-0.25, -0.2) is 4.72 Å². The van der Waals surface area contributed by atoms with Crippen LogP contribution in [0.4, 0.5) is 13.2 Å². The fourth-order valence-electron chi connectivity index (χ4n) is 0.354. The fourth-order valence-corrected chi connectivity index (χ4v) is 0.956. The van der Waals surface area contributed by atoms with Crippen molar-refractivity contribution in [1.29, 1.82) is 0 Å². The third-order valence-corrected chi connectivity index (χ3v) is 1.30. The van der Waals surface area contributed by atoms with Crippen molar-refractivity contribution in [3.05, 3.63) is 0 Å². The predicted molar refractivity (Wildman–Crippen MR) is 33.6 cm³/mol. The van der Waals surface area contributed by atoms with E-state index < -0.39 is 27.7 Å². The molecule has 0 saturated heterocycles. The lowest BCUT2D eigenvalue weighted by Crippen LogP contribution is -2.30. The van der Waals surface area contributed by atoms with Crippen LogP contribution < -0.4 is 4.72 Å². The summed E-state index contributed by atoms with van der Waals surface area (Å²) in [6.45, 7) is 0. The molecule has 0 bridgehead atoms. The molecule has 0 atom stereocenters. The molecular formula is C3H3ClF3NO3S. The van der Waals surface area contributed by atoms with Gasteiger partial charge in [0.25, 0.3) is 0 Å². The Balaban J connectivity index is 4.10. The van der Waals surface area contributed by atoms with Gasteiger partial charge in [0.2, 0.25) is 5.91 Å². The molecule has 0 aromatic carbocycles. The van der Waals surface area contributed by atoms with E-state index in [1.807, 2.05) is 0 Å². The summed E-state index contributed by atoms with van der Waals surface area (Å²) in [5.74, 6) is -1.71. The number of amides is 1. The fraction of sp³-hybridized carbons (Fsp3) is 0.667. The number of rotatable bonds is 2. The van der Waals surface area contributed by atoms with E-state index in [1.54, 1.807) is 0 Å². The van der Waals surface area contributed by atoms with Crippen LogP contribution in [0.3, 0.4) is 0 Å². The lowest BCUT2D eigenvalue weighted by Gasteiger charge is -2.04. The van der Waals surface area contributed by atoms with Crippen molar-refractivity contribution in [2.75, 3.05) is 0 Å². The maximum absolute atomic E-state index is 11.4. The zero-order valence-electron chi connectivity index (χ0n) is 5.35. The van der Waals surface area contributed by atoms with E-state index in [2.05, 4.69) is 10.7 Å². The van der Waals surface area contributed by atoms with E-state index in [0.717, 1.165) is 4.72 Å². The molecule has 9 heteroatoms. The van der Waals surface area contributed by atoms with Crippen molar-refractivity contribution in [1.82, 2.24) is 4.72 Å². The van der Waals surface area contributed by atoms with Gasteiger partial charge in [-0.3, -0.25) is 4.79 Å². The number of carbonyl (C=O) groups excluding carboxylic acids is 1. The van der Waals surface area contributed by atoms with Crippen LogP contribution in [0.5, 0.6) is 0 Å². The molecule has 12 heavy (non-hydrogen) atoms. The Kier molecular flexibility index (Phi) is 3.34. The minimum atomic E-state index is -4.74. The molecule has 0 aromatic rings. The van der Waals surface area contributed by atoms with E-state index in [-0.39, 0.29) is 0 Å². The first kappa shape index (κ1) is 11.5. The van der Waals surface area contributed by atoms with Gasteiger partial charge in [0.05, 0.1) is 0 Å². The van der Waals surface area contributed by atoms with Crippen LogP contribution >= 0.6 is 10.7 Å². The highest BCUT2D eigenvalue weighted by Gasteiger charge is 2.32. The van der Waals surface area contributed by atoms with Gasteiger partial charge >= 0.3 is 15.4 Å². The lowest BCUT2D eigenvalue weighted by atomic mass is 10.4. The van der Waals surface area contributed by atoms with Crippen molar-refractivity contribution >= 4 is 25.8 Å². The molecule has 0 aliphatic heterocycles.